The molecule has 0 radical (unpaired) electrons. The Labute approximate surface area is 102 Å². The summed E-state index contributed by atoms with van der Waals surface area (Å²) in [6.07, 6.45) is 1.71. The number of aliphatic hydroxyl groups is 1. The van der Waals surface area contributed by atoms with Gasteiger partial charge in [0, 0.05) is 12.8 Å². The lowest BCUT2D eigenvalue weighted by Gasteiger charge is -2.29. The summed E-state index contributed by atoms with van der Waals surface area (Å²) in [5, 5.41) is 10.4. The Hall–Kier alpha value is -0.870. The number of aliphatic hydroxyl groups excluding tert-OH is 1. The minimum Gasteiger partial charge on any atom is -0.449 e. The van der Waals surface area contributed by atoms with E-state index in [1.54, 1.807) is 6.92 Å². The highest BCUT2D eigenvalue weighted by atomic mass is 16.5. The fourth-order valence-corrected chi connectivity index (χ4v) is 2.82. The van der Waals surface area contributed by atoms with Gasteiger partial charge in [-0.25, -0.2) is 4.98 Å². The van der Waals surface area contributed by atoms with Gasteiger partial charge in [-0.3, -0.25) is 0 Å². The van der Waals surface area contributed by atoms with Crippen molar-refractivity contribution >= 4 is 0 Å². The molecule has 2 rings (SSSR count). The minimum atomic E-state index is -0.635. The third-order valence-electron chi connectivity index (χ3n) is 3.46. The zero-order valence-electron chi connectivity index (χ0n) is 11.2. The first-order valence-electron chi connectivity index (χ1n) is 6.01. The van der Waals surface area contributed by atoms with Gasteiger partial charge in [0.15, 0.2) is 5.89 Å². The number of ether oxygens (including phenoxy) is 1. The fraction of sp³-hybridized carbons (Fsp3) is 0.769. The van der Waals surface area contributed by atoms with E-state index in [4.69, 9.17) is 9.15 Å². The molecule has 1 fully saturated rings. The molecule has 1 aliphatic heterocycles. The fourth-order valence-electron chi connectivity index (χ4n) is 2.82. The first-order valence-corrected chi connectivity index (χ1v) is 6.01. The summed E-state index contributed by atoms with van der Waals surface area (Å²) in [6, 6.07) is 0. The number of aryl methyl sites for hydroxylation is 1. The van der Waals surface area contributed by atoms with Crippen molar-refractivity contribution < 1.29 is 14.3 Å². The van der Waals surface area contributed by atoms with Gasteiger partial charge in [0.2, 0.25) is 0 Å². The van der Waals surface area contributed by atoms with Crippen molar-refractivity contribution in [2.75, 3.05) is 0 Å². The Bertz CT molecular complexity index is 409. The third-order valence-corrected chi connectivity index (χ3v) is 3.46. The molecule has 96 valence electrons. The Kier molecular flexibility index (Phi) is 2.83. The van der Waals surface area contributed by atoms with Crippen molar-refractivity contribution in [2.45, 2.75) is 58.3 Å². The second-order valence-electron chi connectivity index (χ2n) is 6.01. The van der Waals surface area contributed by atoms with Crippen LogP contribution in [0.15, 0.2) is 10.7 Å². The number of nitrogens with zero attached hydrogens (tertiary/aromatic N) is 1. The van der Waals surface area contributed by atoms with Gasteiger partial charge in [0.25, 0.3) is 0 Å². The average molecular weight is 239 g/mol. The normalized spacial score (nSPS) is 28.2. The van der Waals surface area contributed by atoms with Crippen molar-refractivity contribution in [2.24, 2.45) is 5.92 Å². The first kappa shape index (κ1) is 12.6. The third kappa shape index (κ3) is 2.38. The summed E-state index contributed by atoms with van der Waals surface area (Å²) >= 11 is 0. The molecule has 0 bridgehead atoms. The number of hydrogen-bond acceptors (Lipinski definition) is 4. The SMILES string of the molecule is Cc1nc(C(O)C2CC(C)(C)OC2(C)C)co1. The van der Waals surface area contributed by atoms with Crippen molar-refractivity contribution in [3.05, 3.63) is 17.8 Å². The predicted octanol–water partition coefficient (Wildman–Crippen LogP) is 2.61. The van der Waals surface area contributed by atoms with Gasteiger partial charge in [0.1, 0.15) is 18.1 Å². The molecule has 0 aliphatic carbocycles. The number of oxazole rings is 1. The van der Waals surface area contributed by atoms with Gasteiger partial charge < -0.3 is 14.3 Å². The smallest absolute Gasteiger partial charge is 0.191 e. The quantitative estimate of drug-likeness (QED) is 0.862. The van der Waals surface area contributed by atoms with Gasteiger partial charge in [-0.15, -0.1) is 0 Å². The van der Waals surface area contributed by atoms with Gasteiger partial charge in [-0.2, -0.15) is 0 Å². The summed E-state index contributed by atoms with van der Waals surface area (Å²) in [7, 11) is 0. The lowest BCUT2D eigenvalue weighted by Crippen LogP contribution is -2.32. The van der Waals surface area contributed by atoms with Crippen LogP contribution in [-0.2, 0) is 4.74 Å². The van der Waals surface area contributed by atoms with E-state index in [-0.39, 0.29) is 17.1 Å². The molecule has 0 spiro atoms. The van der Waals surface area contributed by atoms with Crippen LogP contribution in [0.3, 0.4) is 0 Å². The lowest BCUT2D eigenvalue weighted by molar-refractivity contribution is -0.0884. The molecule has 1 aromatic heterocycles. The van der Waals surface area contributed by atoms with E-state index < -0.39 is 6.10 Å². The van der Waals surface area contributed by atoms with E-state index in [2.05, 4.69) is 18.8 Å². The van der Waals surface area contributed by atoms with Crippen LogP contribution in [0.1, 0.15) is 51.8 Å². The van der Waals surface area contributed by atoms with Crippen LogP contribution in [-0.4, -0.2) is 21.3 Å². The van der Waals surface area contributed by atoms with E-state index in [9.17, 15) is 5.11 Å². The highest BCUT2D eigenvalue weighted by Crippen LogP contribution is 2.47. The first-order chi connectivity index (χ1) is 7.71. The molecule has 0 amide bonds. The molecule has 1 aromatic rings. The van der Waals surface area contributed by atoms with Crippen molar-refractivity contribution in [3.8, 4) is 0 Å². The molecule has 1 aliphatic rings. The lowest BCUT2D eigenvalue weighted by atomic mass is 9.82. The topological polar surface area (TPSA) is 55.5 Å². The summed E-state index contributed by atoms with van der Waals surface area (Å²) in [5.41, 5.74) is 0.0471. The Morgan fingerprint density at radius 2 is 2.06 bits per heavy atom. The van der Waals surface area contributed by atoms with E-state index >= 15 is 0 Å². The minimum absolute atomic E-state index is 0.0296. The monoisotopic (exact) mass is 239 g/mol. The highest BCUT2D eigenvalue weighted by molar-refractivity contribution is 5.07. The Morgan fingerprint density at radius 3 is 2.47 bits per heavy atom. The largest absolute Gasteiger partial charge is 0.449 e. The summed E-state index contributed by atoms with van der Waals surface area (Å²) in [6.45, 7) is 9.91. The van der Waals surface area contributed by atoms with Crippen LogP contribution in [0.4, 0.5) is 0 Å². The molecular weight excluding hydrogens is 218 g/mol. The van der Waals surface area contributed by atoms with Crippen LogP contribution in [0.2, 0.25) is 0 Å². The van der Waals surface area contributed by atoms with E-state index in [1.165, 1.54) is 6.26 Å². The second kappa shape index (κ2) is 3.82. The van der Waals surface area contributed by atoms with Crippen molar-refractivity contribution in [1.82, 2.24) is 4.98 Å². The predicted molar refractivity (Wildman–Crippen MR) is 63.5 cm³/mol. The molecule has 4 nitrogen and oxygen atoms in total. The van der Waals surface area contributed by atoms with Gasteiger partial charge in [0.05, 0.1) is 11.2 Å². The highest BCUT2D eigenvalue weighted by Gasteiger charge is 2.49. The maximum atomic E-state index is 10.4. The molecule has 2 unspecified atom stereocenters. The van der Waals surface area contributed by atoms with Crippen LogP contribution in [0, 0.1) is 12.8 Å². The van der Waals surface area contributed by atoms with E-state index in [0.717, 1.165) is 6.42 Å². The molecule has 0 aromatic carbocycles. The summed E-state index contributed by atoms with van der Waals surface area (Å²) in [4.78, 5) is 4.20. The zero-order valence-corrected chi connectivity index (χ0v) is 11.2. The molecule has 0 saturated carbocycles. The van der Waals surface area contributed by atoms with E-state index in [0.29, 0.717) is 11.6 Å². The molecule has 17 heavy (non-hydrogen) atoms. The zero-order chi connectivity index (χ0) is 12.8. The van der Waals surface area contributed by atoms with Crippen LogP contribution < -0.4 is 0 Å². The number of aromatic nitrogens is 1. The van der Waals surface area contributed by atoms with E-state index in [1.807, 2.05) is 13.8 Å². The molecule has 4 heteroatoms. The number of rotatable bonds is 2. The van der Waals surface area contributed by atoms with Gasteiger partial charge >= 0.3 is 0 Å². The summed E-state index contributed by atoms with van der Waals surface area (Å²) < 4.78 is 11.1. The molecule has 1 saturated heterocycles. The Morgan fingerprint density at radius 1 is 1.41 bits per heavy atom. The van der Waals surface area contributed by atoms with Crippen LogP contribution in [0.25, 0.3) is 0 Å². The number of hydrogen-bond donors (Lipinski definition) is 1. The van der Waals surface area contributed by atoms with Crippen molar-refractivity contribution in [3.63, 3.8) is 0 Å². The van der Waals surface area contributed by atoms with Crippen molar-refractivity contribution in [1.29, 1.82) is 0 Å². The molecule has 1 N–H and O–H groups in total. The van der Waals surface area contributed by atoms with Gasteiger partial charge in [-0.1, -0.05) is 0 Å². The Balaban J connectivity index is 2.23. The maximum Gasteiger partial charge on any atom is 0.191 e. The average Bonchev–Trinajstić information content (AvgIpc) is 2.66. The standard InChI is InChI=1S/C13H21NO3/c1-8-14-10(7-16-8)11(15)9-6-12(2,3)17-13(9,4)5/h7,9,11,15H,6H2,1-5H3. The van der Waals surface area contributed by atoms with Crippen LogP contribution in [0.5, 0.6) is 0 Å². The summed E-state index contributed by atoms with van der Waals surface area (Å²) in [5.74, 6) is 0.608. The maximum absolute atomic E-state index is 10.4. The van der Waals surface area contributed by atoms with Gasteiger partial charge in [-0.05, 0) is 34.1 Å². The molecule has 2 heterocycles. The molecular formula is C13H21NO3. The second-order valence-corrected chi connectivity index (χ2v) is 6.01. The van der Waals surface area contributed by atoms with Crippen LogP contribution >= 0.6 is 0 Å². The molecule has 2 atom stereocenters.